The molecule has 5 aromatic carbocycles. The SMILES string of the molecule is C=CCO[C@@]12Oc3ccc(Oc4ccc(-c5ccccc5)cc4)cc3[C@H]3[C@H](CCCCO)[C@@H](CCCCO)C=C(C(=NOC)C[C@@H]1Sc1ccc4ccccc4c1)[C@H]32. The zero-order valence-electron chi connectivity index (χ0n) is 33.2. The summed E-state index contributed by atoms with van der Waals surface area (Å²) in [6, 6.07) is 39.8. The summed E-state index contributed by atoms with van der Waals surface area (Å²) in [4.78, 5) is 6.74. The van der Waals surface area contributed by atoms with E-state index in [2.05, 4.69) is 91.5 Å². The van der Waals surface area contributed by atoms with Crippen molar-refractivity contribution in [1.82, 2.24) is 0 Å². The van der Waals surface area contributed by atoms with Gasteiger partial charge in [-0.2, -0.15) is 0 Å². The van der Waals surface area contributed by atoms with E-state index in [1.165, 1.54) is 10.8 Å². The van der Waals surface area contributed by atoms with Crippen molar-refractivity contribution >= 4 is 28.2 Å². The zero-order chi connectivity index (χ0) is 39.9. The van der Waals surface area contributed by atoms with E-state index in [1.54, 1.807) is 18.9 Å². The average Bonchev–Trinajstić information content (AvgIpc) is 3.26. The van der Waals surface area contributed by atoms with Gasteiger partial charge in [-0.15, -0.1) is 18.3 Å². The fraction of sp³-hybridized carbons (Fsp3) is 0.340. The fourth-order valence-corrected chi connectivity index (χ4v) is 10.8. The molecule has 0 bridgehead atoms. The molecule has 1 saturated carbocycles. The molecule has 6 atom stereocenters. The highest BCUT2D eigenvalue weighted by Gasteiger charge is 2.64. The Morgan fingerprint density at radius 2 is 1.53 bits per heavy atom. The van der Waals surface area contributed by atoms with Gasteiger partial charge in [-0.1, -0.05) is 103 Å². The molecule has 0 spiro atoms. The van der Waals surface area contributed by atoms with Gasteiger partial charge < -0.3 is 29.3 Å². The van der Waals surface area contributed by atoms with Crippen molar-refractivity contribution in [2.24, 2.45) is 22.9 Å². The summed E-state index contributed by atoms with van der Waals surface area (Å²) in [5, 5.41) is 26.7. The van der Waals surface area contributed by atoms with Gasteiger partial charge in [0.25, 0.3) is 0 Å². The van der Waals surface area contributed by atoms with E-state index in [4.69, 9.17) is 24.2 Å². The molecule has 0 saturated heterocycles. The lowest BCUT2D eigenvalue weighted by Crippen LogP contribution is -2.64. The van der Waals surface area contributed by atoms with Gasteiger partial charge >= 0.3 is 0 Å². The molecular weight excluding hydrogens is 743 g/mol. The first-order valence-electron chi connectivity index (χ1n) is 20.7. The normalized spacial score (nSPS) is 24.0. The number of thioether (sulfide) groups is 1. The second-order valence-electron chi connectivity index (χ2n) is 15.5. The summed E-state index contributed by atoms with van der Waals surface area (Å²) in [5.41, 5.74) is 5.38. The Morgan fingerprint density at radius 1 is 0.810 bits per heavy atom. The monoisotopic (exact) mass is 795 g/mol. The third kappa shape index (κ3) is 8.21. The molecule has 3 aliphatic rings. The smallest absolute Gasteiger partial charge is 0.231 e. The summed E-state index contributed by atoms with van der Waals surface area (Å²) in [7, 11) is 1.62. The van der Waals surface area contributed by atoms with Crippen LogP contribution in [0.5, 0.6) is 17.2 Å². The summed E-state index contributed by atoms with van der Waals surface area (Å²) < 4.78 is 21.1. The van der Waals surface area contributed by atoms with Gasteiger partial charge in [-0.25, -0.2) is 0 Å². The second kappa shape index (κ2) is 18.4. The minimum Gasteiger partial charge on any atom is -0.460 e. The molecule has 1 fully saturated rings. The van der Waals surface area contributed by atoms with Crippen LogP contribution >= 0.6 is 11.8 Å². The third-order valence-electron chi connectivity index (χ3n) is 12.0. The number of aliphatic hydroxyl groups excluding tert-OH is 2. The molecule has 7 nitrogen and oxygen atoms in total. The van der Waals surface area contributed by atoms with Gasteiger partial charge in [0.1, 0.15) is 24.4 Å². The van der Waals surface area contributed by atoms with Crippen LogP contribution in [0.2, 0.25) is 0 Å². The first-order valence-corrected chi connectivity index (χ1v) is 21.5. The number of hydrogen-bond donors (Lipinski definition) is 2. The maximum atomic E-state index is 9.95. The van der Waals surface area contributed by atoms with Crippen molar-refractivity contribution in [2.45, 2.75) is 66.8 Å². The van der Waals surface area contributed by atoms with E-state index in [0.717, 1.165) is 88.6 Å². The molecule has 0 aromatic heterocycles. The Balaban J connectivity index is 1.25. The summed E-state index contributed by atoms with van der Waals surface area (Å²) in [6.07, 6.45) is 9.91. The number of unbranched alkanes of at least 4 members (excludes halogenated alkanes) is 2. The number of rotatable bonds is 17. The molecule has 2 N–H and O–H groups in total. The molecule has 1 heterocycles. The molecule has 8 heteroatoms. The molecule has 1 aliphatic heterocycles. The van der Waals surface area contributed by atoms with Crippen LogP contribution in [0.25, 0.3) is 21.9 Å². The first-order chi connectivity index (χ1) is 28.5. The molecule has 0 radical (unpaired) electrons. The minimum absolute atomic E-state index is 0.0301. The number of ether oxygens (including phenoxy) is 3. The van der Waals surface area contributed by atoms with Crippen molar-refractivity contribution in [3.8, 4) is 28.4 Å². The van der Waals surface area contributed by atoms with E-state index in [0.29, 0.717) is 13.0 Å². The van der Waals surface area contributed by atoms with Crippen LogP contribution in [0.15, 0.2) is 150 Å². The van der Waals surface area contributed by atoms with E-state index in [-0.39, 0.29) is 42.1 Å². The van der Waals surface area contributed by atoms with Crippen LogP contribution in [0.3, 0.4) is 0 Å². The summed E-state index contributed by atoms with van der Waals surface area (Å²) in [6.45, 7) is 4.70. The Labute approximate surface area is 346 Å². The van der Waals surface area contributed by atoms with Gasteiger partial charge in [-0.3, -0.25) is 0 Å². The lowest BCUT2D eigenvalue weighted by Gasteiger charge is -2.58. The van der Waals surface area contributed by atoms with E-state index >= 15 is 0 Å². The molecular formula is C50H53NO6S. The summed E-state index contributed by atoms with van der Waals surface area (Å²) in [5.74, 6) is 1.35. The van der Waals surface area contributed by atoms with Crippen molar-refractivity contribution in [3.63, 3.8) is 0 Å². The highest BCUT2D eigenvalue weighted by Crippen LogP contribution is 2.63. The predicted octanol–water partition coefficient (Wildman–Crippen LogP) is 11.4. The molecule has 5 aromatic rings. The summed E-state index contributed by atoms with van der Waals surface area (Å²) >= 11 is 1.77. The Hall–Kier alpha value is -4.86. The molecule has 0 unspecified atom stereocenters. The van der Waals surface area contributed by atoms with Crippen molar-refractivity contribution in [2.75, 3.05) is 26.9 Å². The van der Waals surface area contributed by atoms with Crippen molar-refractivity contribution < 1.29 is 29.3 Å². The number of benzene rings is 5. The lowest BCUT2D eigenvalue weighted by molar-refractivity contribution is -0.223. The van der Waals surface area contributed by atoms with Crippen LogP contribution in [0.4, 0.5) is 0 Å². The number of oxime groups is 1. The second-order valence-corrected chi connectivity index (χ2v) is 16.8. The number of fused-ring (bicyclic) bond motifs is 3. The Bertz CT molecular complexity index is 2240. The largest absolute Gasteiger partial charge is 0.460 e. The lowest BCUT2D eigenvalue weighted by atomic mass is 9.56. The quantitative estimate of drug-likeness (QED) is 0.0550. The molecule has 8 rings (SSSR count). The third-order valence-corrected chi connectivity index (χ3v) is 13.3. The van der Waals surface area contributed by atoms with Gasteiger partial charge in [0.15, 0.2) is 0 Å². The maximum absolute atomic E-state index is 9.95. The Kier molecular flexibility index (Phi) is 12.7. The Morgan fingerprint density at radius 3 is 2.29 bits per heavy atom. The van der Waals surface area contributed by atoms with Crippen molar-refractivity contribution in [1.29, 1.82) is 0 Å². The van der Waals surface area contributed by atoms with E-state index in [1.807, 2.05) is 42.5 Å². The molecule has 58 heavy (non-hydrogen) atoms. The molecule has 300 valence electrons. The predicted molar refractivity (Wildman–Crippen MR) is 234 cm³/mol. The minimum atomic E-state index is -1.07. The average molecular weight is 796 g/mol. The first kappa shape index (κ1) is 39.9. The number of aliphatic hydroxyl groups is 2. The fourth-order valence-electron chi connectivity index (χ4n) is 9.49. The topological polar surface area (TPSA) is 89.7 Å². The van der Waals surface area contributed by atoms with Gasteiger partial charge in [0, 0.05) is 36.0 Å². The van der Waals surface area contributed by atoms with Crippen LogP contribution in [0.1, 0.15) is 56.4 Å². The van der Waals surface area contributed by atoms with Gasteiger partial charge in [-0.05, 0) is 107 Å². The van der Waals surface area contributed by atoms with Crippen LogP contribution in [-0.4, -0.2) is 53.9 Å². The van der Waals surface area contributed by atoms with Crippen molar-refractivity contribution in [3.05, 3.63) is 145 Å². The highest BCUT2D eigenvalue weighted by atomic mass is 32.2. The van der Waals surface area contributed by atoms with E-state index in [9.17, 15) is 10.2 Å². The van der Waals surface area contributed by atoms with Crippen LogP contribution in [0, 0.1) is 17.8 Å². The zero-order valence-corrected chi connectivity index (χ0v) is 34.0. The standard InChI is InChI=1S/C50H53NO6S/c1-3-29-55-50-47(58-41-25-21-35-15-7-8-16-37(35)30-41)33-45(51-54-2)43-31-38(17-9-11-27-52)42(18-10-12-28-53)48(49(43)50)44-32-40(24-26-46(44)57-50)56-39-22-19-36(20-23-39)34-13-5-4-6-14-34/h3-8,13-16,19-26,30-32,38,42,47-49,52-53H,1,9-12,17-18,27-29,33H2,2H3/t38-,42+,47-,48+,49+,50+/m0/s1. The molecule has 0 amide bonds. The van der Waals surface area contributed by atoms with Crippen LogP contribution < -0.4 is 9.47 Å². The number of nitrogens with zero attached hydrogens (tertiary/aromatic N) is 1. The van der Waals surface area contributed by atoms with Gasteiger partial charge in [0.2, 0.25) is 5.79 Å². The maximum Gasteiger partial charge on any atom is 0.231 e. The van der Waals surface area contributed by atoms with Crippen LogP contribution in [-0.2, 0) is 9.57 Å². The molecule has 2 aliphatic carbocycles. The number of hydrogen-bond acceptors (Lipinski definition) is 8. The number of allylic oxidation sites excluding steroid dienone is 1. The highest BCUT2D eigenvalue weighted by molar-refractivity contribution is 8.00. The van der Waals surface area contributed by atoms with Gasteiger partial charge in [0.05, 0.1) is 23.5 Å². The van der Waals surface area contributed by atoms with E-state index < -0.39 is 5.79 Å².